The second-order valence-corrected chi connectivity index (χ2v) is 4.23. The number of rotatable bonds is 5. The largest absolute Gasteiger partial charge is 0.480 e. The molecule has 2 rings (SSSR count). The molecule has 20 heavy (non-hydrogen) atoms. The average molecular weight is 275 g/mol. The van der Waals surface area contributed by atoms with E-state index >= 15 is 0 Å². The molecule has 7 nitrogen and oxygen atoms in total. The number of carboxylic acid groups (broad SMARTS) is 1. The lowest BCUT2D eigenvalue weighted by atomic mass is 10.1. The summed E-state index contributed by atoms with van der Waals surface area (Å²) in [5, 5.41) is 15.7. The lowest BCUT2D eigenvalue weighted by Gasteiger charge is -2.12. The minimum Gasteiger partial charge on any atom is -0.480 e. The van der Waals surface area contributed by atoms with Crippen LogP contribution in [0.4, 0.5) is 0 Å². The summed E-state index contributed by atoms with van der Waals surface area (Å²) in [4.78, 5) is 27.0. The number of amides is 1. The minimum atomic E-state index is -1.12. The zero-order valence-corrected chi connectivity index (χ0v) is 10.8. The number of aromatic nitrogens is 2. The van der Waals surface area contributed by atoms with Gasteiger partial charge in [-0.05, 0) is 19.4 Å². The van der Waals surface area contributed by atoms with Crippen LogP contribution in [-0.4, -0.2) is 33.2 Å². The van der Waals surface area contributed by atoms with Crippen molar-refractivity contribution in [2.45, 2.75) is 19.4 Å². The minimum absolute atomic E-state index is 0.142. The quantitative estimate of drug-likeness (QED) is 0.796. The molecule has 0 aliphatic carbocycles. The van der Waals surface area contributed by atoms with Gasteiger partial charge in [-0.3, -0.25) is 4.79 Å². The fourth-order valence-electron chi connectivity index (χ4n) is 1.70. The molecule has 0 aliphatic rings. The van der Waals surface area contributed by atoms with Crippen LogP contribution in [-0.2, 0) is 4.79 Å². The molecule has 2 N–H and O–H groups in total. The van der Waals surface area contributed by atoms with E-state index < -0.39 is 17.9 Å². The Morgan fingerprint density at radius 1 is 1.60 bits per heavy atom. The number of carbonyl (C=O) groups excluding carboxylic acids is 1. The van der Waals surface area contributed by atoms with Crippen LogP contribution in [0, 0.1) is 6.92 Å². The van der Waals surface area contributed by atoms with Gasteiger partial charge in [0.05, 0.1) is 16.6 Å². The SMILES string of the molecule is C=CCC(NC(=O)c1cnc2onc(C)c2c1)C(=O)O. The number of hydrogen-bond acceptors (Lipinski definition) is 5. The van der Waals surface area contributed by atoms with Crippen molar-refractivity contribution in [1.82, 2.24) is 15.5 Å². The third-order valence-corrected chi connectivity index (χ3v) is 2.78. The normalized spacial score (nSPS) is 12.1. The summed E-state index contributed by atoms with van der Waals surface area (Å²) in [5.74, 6) is -1.64. The molecule has 104 valence electrons. The summed E-state index contributed by atoms with van der Waals surface area (Å²) in [6.45, 7) is 5.19. The van der Waals surface area contributed by atoms with Gasteiger partial charge in [-0.1, -0.05) is 11.2 Å². The fourth-order valence-corrected chi connectivity index (χ4v) is 1.70. The molecular formula is C13H13N3O4. The molecule has 2 heterocycles. The summed E-state index contributed by atoms with van der Waals surface area (Å²) < 4.78 is 4.94. The van der Waals surface area contributed by atoms with E-state index in [4.69, 9.17) is 9.63 Å². The van der Waals surface area contributed by atoms with Gasteiger partial charge in [0.15, 0.2) is 0 Å². The molecular weight excluding hydrogens is 262 g/mol. The van der Waals surface area contributed by atoms with Gasteiger partial charge >= 0.3 is 5.97 Å². The van der Waals surface area contributed by atoms with E-state index in [0.717, 1.165) is 0 Å². The van der Waals surface area contributed by atoms with E-state index in [0.29, 0.717) is 16.8 Å². The Balaban J connectivity index is 2.24. The number of aliphatic carboxylic acids is 1. The van der Waals surface area contributed by atoms with E-state index in [1.165, 1.54) is 12.3 Å². The molecule has 2 aromatic rings. The number of aryl methyl sites for hydroxylation is 1. The monoisotopic (exact) mass is 275 g/mol. The van der Waals surface area contributed by atoms with Crippen molar-refractivity contribution < 1.29 is 19.2 Å². The molecule has 0 radical (unpaired) electrons. The molecule has 1 amide bonds. The maximum Gasteiger partial charge on any atom is 0.326 e. The van der Waals surface area contributed by atoms with Crippen molar-refractivity contribution in [2.75, 3.05) is 0 Å². The fraction of sp³-hybridized carbons (Fsp3) is 0.231. The highest BCUT2D eigenvalue weighted by molar-refractivity contribution is 5.98. The summed E-state index contributed by atoms with van der Waals surface area (Å²) in [5.41, 5.74) is 1.20. The van der Waals surface area contributed by atoms with E-state index in [1.807, 2.05) is 0 Å². The Morgan fingerprint density at radius 3 is 3.00 bits per heavy atom. The summed E-state index contributed by atoms with van der Waals surface area (Å²) >= 11 is 0. The van der Waals surface area contributed by atoms with Crippen LogP contribution in [0.3, 0.4) is 0 Å². The molecule has 1 unspecified atom stereocenters. The second kappa shape index (κ2) is 5.52. The second-order valence-electron chi connectivity index (χ2n) is 4.23. The van der Waals surface area contributed by atoms with Crippen LogP contribution in [0.15, 0.2) is 29.4 Å². The standard InChI is InChI=1S/C13H13N3O4/c1-3-4-10(13(18)19)15-11(17)8-5-9-7(2)16-20-12(9)14-6-8/h3,5-6,10H,1,4H2,2H3,(H,15,17)(H,18,19). The van der Waals surface area contributed by atoms with E-state index in [-0.39, 0.29) is 12.0 Å². The highest BCUT2D eigenvalue weighted by Gasteiger charge is 2.20. The lowest BCUT2D eigenvalue weighted by molar-refractivity contribution is -0.139. The Labute approximate surface area is 114 Å². The topological polar surface area (TPSA) is 105 Å². The predicted molar refractivity (Wildman–Crippen MR) is 70.2 cm³/mol. The zero-order valence-electron chi connectivity index (χ0n) is 10.8. The number of nitrogens with zero attached hydrogens (tertiary/aromatic N) is 2. The summed E-state index contributed by atoms with van der Waals surface area (Å²) in [6.07, 6.45) is 2.89. The first kappa shape index (κ1) is 13.7. The number of fused-ring (bicyclic) bond motifs is 1. The maximum absolute atomic E-state index is 12.0. The molecule has 0 bridgehead atoms. The first-order valence-corrected chi connectivity index (χ1v) is 5.89. The van der Waals surface area contributed by atoms with Crippen LogP contribution in [0.25, 0.3) is 11.1 Å². The number of nitrogens with one attached hydrogen (secondary N) is 1. The number of hydrogen-bond donors (Lipinski definition) is 2. The van der Waals surface area contributed by atoms with Gasteiger partial charge in [-0.2, -0.15) is 0 Å². The maximum atomic E-state index is 12.0. The number of carbonyl (C=O) groups is 2. The Kier molecular flexibility index (Phi) is 3.79. The van der Waals surface area contributed by atoms with Crippen LogP contribution >= 0.6 is 0 Å². The molecule has 1 atom stereocenters. The first-order chi connectivity index (χ1) is 9.52. The Bertz CT molecular complexity index is 677. The van der Waals surface area contributed by atoms with Crippen molar-refractivity contribution >= 4 is 23.0 Å². The van der Waals surface area contributed by atoms with Crippen LogP contribution in [0.5, 0.6) is 0 Å². The van der Waals surface area contributed by atoms with Gasteiger partial charge in [0.1, 0.15) is 6.04 Å². The molecule has 7 heteroatoms. The van der Waals surface area contributed by atoms with Crippen LogP contribution < -0.4 is 5.32 Å². The third-order valence-electron chi connectivity index (χ3n) is 2.78. The van der Waals surface area contributed by atoms with Crippen LogP contribution in [0.2, 0.25) is 0 Å². The van der Waals surface area contributed by atoms with Crippen molar-refractivity contribution in [1.29, 1.82) is 0 Å². The van der Waals surface area contributed by atoms with E-state index in [9.17, 15) is 9.59 Å². The van der Waals surface area contributed by atoms with Crippen LogP contribution in [0.1, 0.15) is 22.5 Å². The van der Waals surface area contributed by atoms with Gasteiger partial charge in [0.25, 0.3) is 11.6 Å². The Hall–Kier alpha value is -2.70. The van der Waals surface area contributed by atoms with Crippen molar-refractivity contribution in [3.8, 4) is 0 Å². The zero-order chi connectivity index (χ0) is 14.7. The molecule has 0 saturated carbocycles. The summed E-state index contributed by atoms with van der Waals surface area (Å²) in [7, 11) is 0. The molecule has 0 fully saturated rings. The molecule has 0 spiro atoms. The van der Waals surface area contributed by atoms with E-state index in [1.54, 1.807) is 13.0 Å². The molecule has 0 aliphatic heterocycles. The highest BCUT2D eigenvalue weighted by atomic mass is 16.5. The number of pyridine rings is 1. The number of carboxylic acids is 1. The highest BCUT2D eigenvalue weighted by Crippen LogP contribution is 2.16. The van der Waals surface area contributed by atoms with Gasteiger partial charge in [0.2, 0.25) is 0 Å². The van der Waals surface area contributed by atoms with Crippen molar-refractivity contribution in [2.24, 2.45) is 0 Å². The lowest BCUT2D eigenvalue weighted by Crippen LogP contribution is -2.40. The molecule has 2 aromatic heterocycles. The molecule has 0 aromatic carbocycles. The van der Waals surface area contributed by atoms with E-state index in [2.05, 4.69) is 22.0 Å². The average Bonchev–Trinajstić information content (AvgIpc) is 2.79. The van der Waals surface area contributed by atoms with Gasteiger partial charge in [0, 0.05) is 6.20 Å². The van der Waals surface area contributed by atoms with Crippen molar-refractivity contribution in [3.05, 3.63) is 36.2 Å². The molecule has 0 saturated heterocycles. The first-order valence-electron chi connectivity index (χ1n) is 5.89. The van der Waals surface area contributed by atoms with Crippen molar-refractivity contribution in [3.63, 3.8) is 0 Å². The van der Waals surface area contributed by atoms with Gasteiger partial charge in [-0.25, -0.2) is 9.78 Å². The van der Waals surface area contributed by atoms with Gasteiger partial charge in [-0.15, -0.1) is 6.58 Å². The van der Waals surface area contributed by atoms with Gasteiger partial charge < -0.3 is 14.9 Å². The third kappa shape index (κ3) is 2.66. The Morgan fingerprint density at radius 2 is 2.35 bits per heavy atom. The smallest absolute Gasteiger partial charge is 0.326 e. The summed E-state index contributed by atoms with van der Waals surface area (Å²) in [6, 6.07) is 0.551. The predicted octanol–water partition coefficient (Wildman–Crippen LogP) is 1.29.